The number of nitrogens with zero attached hydrogens (tertiary/aromatic N) is 5. The summed E-state index contributed by atoms with van der Waals surface area (Å²) in [7, 11) is 1.31. The van der Waals surface area contributed by atoms with Crippen LogP contribution in [0.1, 0.15) is 5.56 Å². The molecule has 0 spiro atoms. The third-order valence-electron chi connectivity index (χ3n) is 5.53. The summed E-state index contributed by atoms with van der Waals surface area (Å²) in [5.74, 6) is 0.218. The van der Waals surface area contributed by atoms with Crippen LogP contribution in [0.4, 0.5) is 5.69 Å². The lowest BCUT2D eigenvalue weighted by atomic mass is 10.2. The number of nitro benzene ring substituents is 1. The Balaban J connectivity index is 1.68. The maximum atomic E-state index is 13.4. The predicted molar refractivity (Wildman–Crippen MR) is 140 cm³/mol. The summed E-state index contributed by atoms with van der Waals surface area (Å²) in [6.45, 7) is -0.408. The van der Waals surface area contributed by atoms with Crippen molar-refractivity contribution >= 4 is 45.4 Å². The normalized spacial score (nSPS) is 11.2. The van der Waals surface area contributed by atoms with Crippen LogP contribution in [-0.4, -0.2) is 34.5 Å². The molecule has 0 amide bonds. The summed E-state index contributed by atoms with van der Waals surface area (Å²) in [5, 5.41) is 26.3. The summed E-state index contributed by atoms with van der Waals surface area (Å²) < 4.78 is 17.4. The fourth-order valence-electron chi connectivity index (χ4n) is 3.86. The lowest BCUT2D eigenvalue weighted by Gasteiger charge is -2.10. The first-order chi connectivity index (χ1) is 18.4. The molecular weight excluding hydrogens is 514 g/mol. The quantitative estimate of drug-likeness (QED) is 0.159. The van der Waals surface area contributed by atoms with Crippen LogP contribution in [-0.2, 0) is 0 Å². The van der Waals surface area contributed by atoms with E-state index in [4.69, 9.17) is 30.8 Å². The Morgan fingerprint density at radius 3 is 2.82 bits per heavy atom. The first kappa shape index (κ1) is 24.5. The third-order valence-corrected chi connectivity index (χ3v) is 5.77. The Kier molecular flexibility index (Phi) is 6.47. The number of ether oxygens (including phenoxy) is 2. The minimum atomic E-state index is -0.665. The Hall–Kier alpha value is -5.21. The Morgan fingerprint density at radius 2 is 2.05 bits per heavy atom. The second kappa shape index (κ2) is 10.0. The van der Waals surface area contributed by atoms with E-state index < -0.39 is 22.8 Å². The zero-order chi connectivity index (χ0) is 26.8. The number of nitro groups is 1. The van der Waals surface area contributed by atoms with Crippen LogP contribution in [0.2, 0.25) is 5.02 Å². The van der Waals surface area contributed by atoms with Crippen LogP contribution in [0.5, 0.6) is 11.5 Å². The van der Waals surface area contributed by atoms with E-state index >= 15 is 0 Å². The summed E-state index contributed by atoms with van der Waals surface area (Å²) in [6.07, 6.45) is 1.25. The molecule has 0 N–H and O–H groups in total. The fourth-order valence-corrected chi connectivity index (χ4v) is 4.04. The standard InChI is InChI=1S/C26H16ClN5O6/c1-36-22-11-15(10-20(32(34)35)24(22)37-9-8-28)14-29-31-25(30-19-5-3-2-4-18(19)26(31)33)23-13-16-12-17(27)6-7-21(16)38-23/h2-7,10-14H,9H2,1H3. The molecule has 3 aromatic carbocycles. The molecule has 2 aromatic heterocycles. The molecule has 0 fully saturated rings. The molecule has 0 unspecified atom stereocenters. The highest BCUT2D eigenvalue weighted by molar-refractivity contribution is 6.31. The summed E-state index contributed by atoms with van der Waals surface area (Å²) in [4.78, 5) is 29.1. The molecule has 2 heterocycles. The molecule has 0 saturated heterocycles. The largest absolute Gasteiger partial charge is 0.493 e. The molecule has 0 saturated carbocycles. The second-order valence-electron chi connectivity index (χ2n) is 7.88. The lowest BCUT2D eigenvalue weighted by Crippen LogP contribution is -2.20. The molecule has 0 aliphatic rings. The van der Waals surface area contributed by atoms with Crippen LogP contribution in [0, 0.1) is 21.4 Å². The second-order valence-corrected chi connectivity index (χ2v) is 8.32. The van der Waals surface area contributed by atoms with Crippen molar-refractivity contribution in [2.45, 2.75) is 0 Å². The lowest BCUT2D eigenvalue weighted by molar-refractivity contribution is -0.385. The number of benzene rings is 3. The van der Waals surface area contributed by atoms with Gasteiger partial charge in [0.1, 0.15) is 11.7 Å². The smallest absolute Gasteiger partial charge is 0.315 e. The molecule has 12 heteroatoms. The molecule has 5 rings (SSSR count). The van der Waals surface area contributed by atoms with E-state index in [1.54, 1.807) is 54.6 Å². The van der Waals surface area contributed by atoms with Crippen molar-refractivity contribution in [2.75, 3.05) is 13.7 Å². The number of nitriles is 1. The van der Waals surface area contributed by atoms with E-state index in [0.717, 1.165) is 4.68 Å². The number of fused-ring (bicyclic) bond motifs is 2. The number of aromatic nitrogens is 2. The van der Waals surface area contributed by atoms with Gasteiger partial charge in [0, 0.05) is 22.0 Å². The van der Waals surface area contributed by atoms with Crippen molar-refractivity contribution in [3.05, 3.63) is 91.7 Å². The molecular formula is C26H16ClN5O6. The molecule has 0 aliphatic heterocycles. The molecule has 188 valence electrons. The van der Waals surface area contributed by atoms with E-state index in [1.165, 1.54) is 25.5 Å². The number of rotatable bonds is 7. The number of para-hydroxylation sites is 1. The molecule has 0 aliphatic carbocycles. The Bertz CT molecular complexity index is 1850. The van der Waals surface area contributed by atoms with Gasteiger partial charge in [-0.2, -0.15) is 15.0 Å². The summed E-state index contributed by atoms with van der Waals surface area (Å²) >= 11 is 6.11. The van der Waals surface area contributed by atoms with Gasteiger partial charge < -0.3 is 13.9 Å². The van der Waals surface area contributed by atoms with Crippen molar-refractivity contribution in [1.29, 1.82) is 5.26 Å². The van der Waals surface area contributed by atoms with Crippen LogP contribution in [0.15, 0.2) is 75.0 Å². The molecule has 11 nitrogen and oxygen atoms in total. The highest BCUT2D eigenvalue weighted by Crippen LogP contribution is 2.38. The van der Waals surface area contributed by atoms with Crippen molar-refractivity contribution < 1.29 is 18.8 Å². The van der Waals surface area contributed by atoms with Gasteiger partial charge in [0.15, 0.2) is 18.1 Å². The number of furan rings is 1. The molecule has 0 atom stereocenters. The minimum Gasteiger partial charge on any atom is -0.493 e. The van der Waals surface area contributed by atoms with Crippen LogP contribution >= 0.6 is 11.6 Å². The van der Waals surface area contributed by atoms with E-state index in [-0.39, 0.29) is 28.6 Å². The number of halogens is 1. The summed E-state index contributed by atoms with van der Waals surface area (Å²) in [5.41, 5.74) is 0.305. The fraction of sp³-hybridized carbons (Fsp3) is 0.0769. The third kappa shape index (κ3) is 4.52. The highest BCUT2D eigenvalue weighted by Gasteiger charge is 2.22. The predicted octanol–water partition coefficient (Wildman–Crippen LogP) is 5.16. The molecule has 5 aromatic rings. The molecule has 38 heavy (non-hydrogen) atoms. The van der Waals surface area contributed by atoms with Crippen molar-refractivity contribution in [3.63, 3.8) is 0 Å². The SMILES string of the molecule is COc1cc(C=Nn2c(-c3cc4cc(Cl)ccc4o3)nc3ccccc3c2=O)cc([N+](=O)[O-])c1OCC#N. The van der Waals surface area contributed by atoms with Crippen LogP contribution in [0.3, 0.4) is 0 Å². The maximum absolute atomic E-state index is 13.4. The average Bonchev–Trinajstić information content (AvgIpc) is 3.34. The first-order valence-corrected chi connectivity index (χ1v) is 11.4. The van der Waals surface area contributed by atoms with Gasteiger partial charge in [-0.3, -0.25) is 14.9 Å². The van der Waals surface area contributed by atoms with Gasteiger partial charge >= 0.3 is 5.69 Å². The van der Waals surface area contributed by atoms with Crippen molar-refractivity contribution in [1.82, 2.24) is 9.66 Å². The van der Waals surface area contributed by atoms with Gasteiger partial charge in [-0.15, -0.1) is 0 Å². The van der Waals surface area contributed by atoms with Gasteiger partial charge in [-0.05, 0) is 42.5 Å². The minimum absolute atomic E-state index is 0.0225. The maximum Gasteiger partial charge on any atom is 0.315 e. The van der Waals surface area contributed by atoms with Gasteiger partial charge in [0.25, 0.3) is 5.56 Å². The number of hydrogen-bond acceptors (Lipinski definition) is 9. The number of hydrogen-bond donors (Lipinski definition) is 0. The monoisotopic (exact) mass is 529 g/mol. The van der Waals surface area contributed by atoms with Crippen LogP contribution < -0.4 is 15.0 Å². The first-order valence-electron chi connectivity index (χ1n) is 11.0. The van der Waals surface area contributed by atoms with Gasteiger partial charge in [-0.25, -0.2) is 4.98 Å². The van der Waals surface area contributed by atoms with Gasteiger partial charge in [0.05, 0.1) is 29.2 Å². The van der Waals surface area contributed by atoms with Gasteiger partial charge in [0.2, 0.25) is 11.6 Å². The number of methoxy groups -OCH3 is 1. The van der Waals surface area contributed by atoms with Crippen LogP contribution in [0.25, 0.3) is 33.5 Å². The van der Waals surface area contributed by atoms with Crippen molar-refractivity contribution in [2.24, 2.45) is 5.10 Å². The zero-order valence-electron chi connectivity index (χ0n) is 19.6. The molecule has 0 bridgehead atoms. The molecule has 0 radical (unpaired) electrons. The van der Waals surface area contributed by atoms with E-state index in [1.807, 2.05) is 0 Å². The Morgan fingerprint density at radius 1 is 1.24 bits per heavy atom. The van der Waals surface area contributed by atoms with E-state index in [2.05, 4.69) is 10.1 Å². The average molecular weight is 530 g/mol. The van der Waals surface area contributed by atoms with E-state index in [9.17, 15) is 14.9 Å². The van der Waals surface area contributed by atoms with E-state index in [0.29, 0.717) is 26.9 Å². The highest BCUT2D eigenvalue weighted by atomic mass is 35.5. The zero-order valence-corrected chi connectivity index (χ0v) is 20.4. The Labute approximate surface area is 218 Å². The van der Waals surface area contributed by atoms with Gasteiger partial charge in [-0.1, -0.05) is 23.7 Å². The topological polar surface area (TPSA) is 146 Å². The van der Waals surface area contributed by atoms with Crippen molar-refractivity contribution in [3.8, 4) is 29.2 Å². The summed E-state index contributed by atoms with van der Waals surface area (Å²) in [6, 6.07) is 18.0.